The topological polar surface area (TPSA) is 36.4 Å². The molecule has 2 heterocycles. The second-order valence-electron chi connectivity index (χ2n) is 6.05. The highest BCUT2D eigenvalue weighted by Gasteiger charge is 2.27. The third kappa shape index (κ3) is 4.17. The molecule has 3 rings (SSSR count). The molecule has 1 aliphatic rings. The molecule has 1 amide bonds. The number of benzene rings is 1. The highest BCUT2D eigenvalue weighted by Crippen LogP contribution is 2.21. The number of halogens is 1. The van der Waals surface area contributed by atoms with Crippen molar-refractivity contribution >= 4 is 5.91 Å². The second kappa shape index (κ2) is 8.02. The van der Waals surface area contributed by atoms with Crippen molar-refractivity contribution in [1.82, 2.24) is 14.8 Å². The summed E-state index contributed by atoms with van der Waals surface area (Å²) in [6, 6.07) is 14.5. The first kappa shape index (κ1) is 16.6. The number of alkyl halides is 1. The summed E-state index contributed by atoms with van der Waals surface area (Å²) in [6.45, 7) is 3.55. The van der Waals surface area contributed by atoms with E-state index in [1.165, 1.54) is 0 Å². The summed E-state index contributed by atoms with van der Waals surface area (Å²) < 4.78 is 14.5. The average Bonchev–Trinajstić information content (AvgIpc) is 2.88. The Hall–Kier alpha value is -2.27. The molecule has 0 bridgehead atoms. The molecule has 4 nitrogen and oxygen atoms in total. The Morgan fingerprint density at radius 1 is 1.04 bits per heavy atom. The Kier molecular flexibility index (Phi) is 5.54. The molecule has 0 spiro atoms. The molecule has 1 saturated heterocycles. The molecule has 0 saturated carbocycles. The van der Waals surface area contributed by atoms with Crippen LogP contribution >= 0.6 is 0 Å². The van der Waals surface area contributed by atoms with Gasteiger partial charge in [0.15, 0.2) is 0 Å². The van der Waals surface area contributed by atoms with Gasteiger partial charge in [0.05, 0.1) is 5.69 Å². The van der Waals surface area contributed by atoms with E-state index in [0.29, 0.717) is 18.7 Å². The summed E-state index contributed by atoms with van der Waals surface area (Å²) in [7, 11) is 0. The number of hydrogen-bond donors (Lipinski definition) is 0. The summed E-state index contributed by atoms with van der Waals surface area (Å²) >= 11 is 0. The van der Waals surface area contributed by atoms with Gasteiger partial charge < -0.3 is 4.90 Å². The zero-order valence-corrected chi connectivity index (χ0v) is 13.6. The number of hydrogen-bond acceptors (Lipinski definition) is 3. The third-order valence-electron chi connectivity index (χ3n) is 4.32. The van der Waals surface area contributed by atoms with Crippen molar-refractivity contribution in [2.45, 2.75) is 19.1 Å². The normalized spacial score (nSPS) is 17.3. The van der Waals surface area contributed by atoms with Crippen LogP contribution in [0.3, 0.4) is 0 Å². The largest absolute Gasteiger partial charge is 0.339 e. The van der Waals surface area contributed by atoms with Crippen molar-refractivity contribution in [3.8, 4) is 0 Å². The number of amides is 1. The van der Waals surface area contributed by atoms with E-state index in [-0.39, 0.29) is 0 Å². The minimum atomic E-state index is -1.58. The zero-order valence-electron chi connectivity index (χ0n) is 13.6. The van der Waals surface area contributed by atoms with E-state index in [4.69, 9.17) is 0 Å². The summed E-state index contributed by atoms with van der Waals surface area (Å²) in [5.41, 5.74) is 1.45. The van der Waals surface area contributed by atoms with Gasteiger partial charge in [0.25, 0.3) is 5.91 Å². The first-order chi connectivity index (χ1) is 11.7. The first-order valence-corrected chi connectivity index (χ1v) is 8.34. The van der Waals surface area contributed by atoms with Gasteiger partial charge in [-0.2, -0.15) is 0 Å². The summed E-state index contributed by atoms with van der Waals surface area (Å²) in [4.78, 5) is 20.7. The number of nitrogens with zero attached hydrogens (tertiary/aromatic N) is 3. The predicted molar refractivity (Wildman–Crippen MR) is 91.0 cm³/mol. The maximum atomic E-state index is 14.5. The van der Waals surface area contributed by atoms with Gasteiger partial charge in [0.2, 0.25) is 6.17 Å². The Morgan fingerprint density at radius 3 is 2.58 bits per heavy atom. The van der Waals surface area contributed by atoms with E-state index >= 15 is 0 Å². The van der Waals surface area contributed by atoms with E-state index < -0.39 is 12.1 Å². The lowest BCUT2D eigenvalue weighted by molar-refractivity contribution is -0.136. The Labute approximate surface area is 141 Å². The zero-order chi connectivity index (χ0) is 16.8. The van der Waals surface area contributed by atoms with E-state index in [0.717, 1.165) is 31.7 Å². The van der Waals surface area contributed by atoms with Crippen molar-refractivity contribution in [3.05, 3.63) is 66.0 Å². The van der Waals surface area contributed by atoms with Crippen LogP contribution in [0, 0.1) is 0 Å². The molecule has 1 aliphatic heterocycles. The van der Waals surface area contributed by atoms with Crippen LogP contribution in [-0.2, 0) is 11.3 Å². The predicted octanol–water partition coefficient (Wildman–Crippen LogP) is 2.83. The number of carbonyl (C=O) groups is 1. The molecule has 1 atom stereocenters. The van der Waals surface area contributed by atoms with Crippen molar-refractivity contribution in [1.29, 1.82) is 0 Å². The van der Waals surface area contributed by atoms with E-state index in [9.17, 15) is 9.18 Å². The third-order valence-corrected chi connectivity index (χ3v) is 4.32. The quantitative estimate of drug-likeness (QED) is 0.866. The van der Waals surface area contributed by atoms with Crippen LogP contribution in [0.2, 0.25) is 0 Å². The monoisotopic (exact) mass is 327 g/mol. The number of pyridine rings is 1. The lowest BCUT2D eigenvalue weighted by Gasteiger charge is -2.23. The summed E-state index contributed by atoms with van der Waals surface area (Å²) in [5.74, 6) is -0.430. The van der Waals surface area contributed by atoms with Crippen molar-refractivity contribution in [2.75, 3.05) is 26.2 Å². The molecule has 0 N–H and O–H groups in total. The molecule has 2 aromatic rings. The van der Waals surface area contributed by atoms with Crippen LogP contribution in [0.15, 0.2) is 54.7 Å². The first-order valence-electron chi connectivity index (χ1n) is 8.34. The van der Waals surface area contributed by atoms with E-state index in [2.05, 4.69) is 9.88 Å². The van der Waals surface area contributed by atoms with E-state index in [1.54, 1.807) is 35.4 Å². The SMILES string of the molecule is O=C(C(F)c1ccccc1)N1CCCN(Cc2ccccn2)CC1. The summed E-state index contributed by atoms with van der Waals surface area (Å²) in [5, 5.41) is 0. The van der Waals surface area contributed by atoms with Crippen LogP contribution in [0.1, 0.15) is 23.8 Å². The molecular weight excluding hydrogens is 305 g/mol. The van der Waals surface area contributed by atoms with Crippen LogP contribution in [0.4, 0.5) is 4.39 Å². The minimum absolute atomic E-state index is 0.428. The number of rotatable bonds is 4. The van der Waals surface area contributed by atoms with Crippen LogP contribution in [0.25, 0.3) is 0 Å². The Morgan fingerprint density at radius 2 is 1.83 bits per heavy atom. The maximum absolute atomic E-state index is 14.5. The van der Waals surface area contributed by atoms with Gasteiger partial charge >= 0.3 is 0 Å². The molecule has 0 aliphatic carbocycles. The van der Waals surface area contributed by atoms with Gasteiger partial charge in [0.1, 0.15) is 0 Å². The second-order valence-corrected chi connectivity index (χ2v) is 6.05. The molecule has 126 valence electrons. The Bertz CT molecular complexity index is 650. The molecule has 1 unspecified atom stereocenters. The van der Waals surface area contributed by atoms with Crippen molar-refractivity contribution in [3.63, 3.8) is 0 Å². The van der Waals surface area contributed by atoms with E-state index in [1.807, 2.05) is 24.3 Å². The maximum Gasteiger partial charge on any atom is 0.261 e. The molecule has 0 radical (unpaired) electrons. The molecule has 1 aromatic heterocycles. The fourth-order valence-corrected chi connectivity index (χ4v) is 3.00. The van der Waals surface area contributed by atoms with Gasteiger partial charge in [-0.1, -0.05) is 36.4 Å². The fraction of sp³-hybridized carbons (Fsp3) is 0.368. The highest BCUT2D eigenvalue weighted by atomic mass is 19.1. The van der Waals surface area contributed by atoms with Crippen LogP contribution < -0.4 is 0 Å². The molecular formula is C19H22FN3O. The van der Waals surface area contributed by atoms with Gasteiger partial charge in [-0.3, -0.25) is 14.7 Å². The molecule has 5 heteroatoms. The fourth-order valence-electron chi connectivity index (χ4n) is 3.00. The molecule has 24 heavy (non-hydrogen) atoms. The summed E-state index contributed by atoms with van der Waals surface area (Å²) in [6.07, 6.45) is 1.06. The smallest absolute Gasteiger partial charge is 0.261 e. The standard InChI is InChI=1S/C19H22FN3O/c20-18(16-7-2-1-3-8-16)19(24)23-12-6-11-22(13-14-23)15-17-9-4-5-10-21-17/h1-5,7-10,18H,6,11-15H2. The molecule has 1 aromatic carbocycles. The van der Waals surface area contributed by atoms with Crippen LogP contribution in [-0.4, -0.2) is 46.9 Å². The van der Waals surface area contributed by atoms with Gasteiger partial charge in [-0.05, 0) is 24.1 Å². The lowest BCUT2D eigenvalue weighted by atomic mass is 10.1. The number of carbonyl (C=O) groups excluding carboxylic acids is 1. The van der Waals surface area contributed by atoms with Gasteiger partial charge in [-0.15, -0.1) is 0 Å². The lowest BCUT2D eigenvalue weighted by Crippen LogP contribution is -2.37. The van der Waals surface area contributed by atoms with Crippen molar-refractivity contribution < 1.29 is 9.18 Å². The highest BCUT2D eigenvalue weighted by molar-refractivity contribution is 5.82. The minimum Gasteiger partial charge on any atom is -0.339 e. The van der Waals surface area contributed by atoms with Gasteiger partial charge in [-0.25, -0.2) is 4.39 Å². The van der Waals surface area contributed by atoms with Crippen LogP contribution in [0.5, 0.6) is 0 Å². The van der Waals surface area contributed by atoms with Crippen molar-refractivity contribution in [2.24, 2.45) is 0 Å². The Balaban J connectivity index is 1.58. The number of aromatic nitrogens is 1. The molecule has 1 fully saturated rings. The van der Waals surface area contributed by atoms with Gasteiger partial charge in [0, 0.05) is 38.9 Å². The average molecular weight is 327 g/mol.